The number of amides is 1. The van der Waals surface area contributed by atoms with Crippen LogP contribution in [0.1, 0.15) is 15.9 Å². The van der Waals surface area contributed by atoms with Crippen LogP contribution in [0.2, 0.25) is 5.02 Å². The van der Waals surface area contributed by atoms with E-state index in [-0.39, 0.29) is 12.4 Å². The molecule has 2 aromatic rings. The lowest BCUT2D eigenvalue weighted by molar-refractivity contribution is -0.133. The molecule has 0 aliphatic carbocycles. The number of ether oxygens (including phenoxy) is 1. The summed E-state index contributed by atoms with van der Waals surface area (Å²) in [5.41, 5.74) is 3.22. The Morgan fingerprint density at radius 2 is 1.55 bits per heavy atom. The zero-order valence-corrected chi connectivity index (χ0v) is 12.6. The van der Waals surface area contributed by atoms with Crippen molar-refractivity contribution in [1.82, 2.24) is 5.48 Å². The highest BCUT2D eigenvalue weighted by atomic mass is 35.5. The molecule has 0 saturated heterocycles. The van der Waals surface area contributed by atoms with Crippen molar-refractivity contribution in [3.63, 3.8) is 0 Å². The fourth-order valence-electron chi connectivity index (χ4n) is 1.76. The SMILES string of the molecule is CONC(=O)COc1ccc(C(=O)c2ccc(Cl)cc2)cc1. The Morgan fingerprint density at radius 3 is 2.09 bits per heavy atom. The maximum Gasteiger partial charge on any atom is 0.281 e. The summed E-state index contributed by atoms with van der Waals surface area (Å²) in [5.74, 6) is -0.0249. The molecule has 2 rings (SSSR count). The topological polar surface area (TPSA) is 64.6 Å². The van der Waals surface area contributed by atoms with Gasteiger partial charge in [-0.2, -0.15) is 0 Å². The molecule has 0 saturated carbocycles. The molecule has 0 aromatic heterocycles. The van der Waals surface area contributed by atoms with Gasteiger partial charge in [0.2, 0.25) is 0 Å². The van der Waals surface area contributed by atoms with Crippen molar-refractivity contribution in [2.75, 3.05) is 13.7 Å². The molecule has 0 atom stereocenters. The molecule has 0 heterocycles. The number of carbonyl (C=O) groups excluding carboxylic acids is 2. The smallest absolute Gasteiger partial charge is 0.281 e. The molecule has 0 fully saturated rings. The van der Waals surface area contributed by atoms with Gasteiger partial charge in [0.15, 0.2) is 12.4 Å². The number of hydrogen-bond acceptors (Lipinski definition) is 4. The van der Waals surface area contributed by atoms with Crippen LogP contribution in [0.15, 0.2) is 48.5 Å². The second-order valence-electron chi connectivity index (χ2n) is 4.38. The highest BCUT2D eigenvalue weighted by molar-refractivity contribution is 6.30. The predicted octanol–water partition coefficient (Wildman–Crippen LogP) is 2.63. The monoisotopic (exact) mass is 319 g/mol. The molecule has 22 heavy (non-hydrogen) atoms. The highest BCUT2D eigenvalue weighted by Crippen LogP contribution is 2.17. The van der Waals surface area contributed by atoms with Crippen molar-refractivity contribution in [2.24, 2.45) is 0 Å². The fourth-order valence-corrected chi connectivity index (χ4v) is 1.89. The average molecular weight is 320 g/mol. The summed E-state index contributed by atoms with van der Waals surface area (Å²) < 4.78 is 5.26. The summed E-state index contributed by atoms with van der Waals surface area (Å²) in [6.07, 6.45) is 0. The predicted molar refractivity (Wildman–Crippen MR) is 82.0 cm³/mol. The molecule has 114 valence electrons. The first kappa shape index (κ1) is 16.0. The normalized spacial score (nSPS) is 10.1. The van der Waals surface area contributed by atoms with E-state index in [2.05, 4.69) is 10.3 Å². The minimum atomic E-state index is -0.399. The van der Waals surface area contributed by atoms with Crippen LogP contribution in [0, 0.1) is 0 Å². The summed E-state index contributed by atoms with van der Waals surface area (Å²) in [6, 6.07) is 13.2. The Kier molecular flexibility index (Phi) is 5.52. The molecule has 0 bridgehead atoms. The summed E-state index contributed by atoms with van der Waals surface area (Å²) >= 11 is 5.80. The second kappa shape index (κ2) is 7.59. The van der Waals surface area contributed by atoms with Crippen molar-refractivity contribution in [3.05, 3.63) is 64.7 Å². The summed E-state index contributed by atoms with van der Waals surface area (Å²) in [4.78, 5) is 27.9. The van der Waals surface area contributed by atoms with Crippen LogP contribution in [0.4, 0.5) is 0 Å². The first-order valence-electron chi connectivity index (χ1n) is 6.45. The number of ketones is 1. The average Bonchev–Trinajstić information content (AvgIpc) is 2.54. The van der Waals surface area contributed by atoms with E-state index in [1.54, 1.807) is 48.5 Å². The van der Waals surface area contributed by atoms with Gasteiger partial charge in [0.1, 0.15) is 5.75 Å². The van der Waals surface area contributed by atoms with Gasteiger partial charge >= 0.3 is 0 Å². The van der Waals surface area contributed by atoms with Gasteiger partial charge < -0.3 is 4.74 Å². The number of nitrogens with one attached hydrogen (secondary N) is 1. The van der Waals surface area contributed by atoms with Crippen molar-refractivity contribution in [3.8, 4) is 5.75 Å². The van der Waals surface area contributed by atoms with Gasteiger partial charge in [0.25, 0.3) is 5.91 Å². The lowest BCUT2D eigenvalue weighted by atomic mass is 10.0. The zero-order chi connectivity index (χ0) is 15.9. The third-order valence-electron chi connectivity index (χ3n) is 2.81. The number of hydrogen-bond donors (Lipinski definition) is 1. The maximum atomic E-state index is 12.3. The quantitative estimate of drug-likeness (QED) is 0.656. The molecule has 0 aliphatic heterocycles. The van der Waals surface area contributed by atoms with E-state index in [0.29, 0.717) is 21.9 Å². The Labute approximate surface area is 132 Å². The van der Waals surface area contributed by atoms with Crippen LogP contribution in [0.5, 0.6) is 5.75 Å². The van der Waals surface area contributed by atoms with Crippen LogP contribution in [0.25, 0.3) is 0 Å². The zero-order valence-electron chi connectivity index (χ0n) is 11.8. The number of rotatable bonds is 6. The van der Waals surface area contributed by atoms with E-state index < -0.39 is 5.91 Å². The Balaban J connectivity index is 2.00. The van der Waals surface area contributed by atoms with Gasteiger partial charge in [-0.05, 0) is 48.5 Å². The van der Waals surface area contributed by atoms with E-state index in [1.165, 1.54) is 7.11 Å². The summed E-state index contributed by atoms with van der Waals surface area (Å²) in [5, 5.41) is 0.578. The van der Waals surface area contributed by atoms with Crippen molar-refractivity contribution in [2.45, 2.75) is 0 Å². The van der Waals surface area contributed by atoms with E-state index in [0.717, 1.165) is 0 Å². The van der Waals surface area contributed by atoms with Crippen LogP contribution < -0.4 is 10.2 Å². The molecule has 0 unspecified atom stereocenters. The van der Waals surface area contributed by atoms with Gasteiger partial charge in [-0.1, -0.05) is 11.6 Å². The molecule has 0 aliphatic rings. The van der Waals surface area contributed by atoms with Crippen LogP contribution in [-0.4, -0.2) is 25.4 Å². The van der Waals surface area contributed by atoms with E-state index in [4.69, 9.17) is 16.3 Å². The van der Waals surface area contributed by atoms with Gasteiger partial charge in [0, 0.05) is 16.1 Å². The fraction of sp³-hybridized carbons (Fsp3) is 0.125. The molecule has 1 amide bonds. The van der Waals surface area contributed by atoms with Crippen LogP contribution in [0.3, 0.4) is 0 Å². The van der Waals surface area contributed by atoms with Crippen LogP contribution >= 0.6 is 11.6 Å². The number of benzene rings is 2. The minimum Gasteiger partial charge on any atom is -0.484 e. The number of hydroxylamine groups is 1. The lowest BCUT2D eigenvalue weighted by Crippen LogP contribution is -2.27. The first-order chi connectivity index (χ1) is 10.6. The van der Waals surface area contributed by atoms with E-state index >= 15 is 0 Å². The maximum absolute atomic E-state index is 12.3. The summed E-state index contributed by atoms with van der Waals surface area (Å²) in [7, 11) is 1.34. The van der Waals surface area contributed by atoms with Gasteiger partial charge in [-0.15, -0.1) is 0 Å². The third-order valence-corrected chi connectivity index (χ3v) is 3.06. The standard InChI is InChI=1S/C16H14ClNO4/c1-21-18-15(19)10-22-14-8-4-12(5-9-14)16(20)11-2-6-13(17)7-3-11/h2-9H,10H2,1H3,(H,18,19). The Hall–Kier alpha value is -2.37. The van der Waals surface area contributed by atoms with E-state index in [1.807, 2.05) is 0 Å². The van der Waals surface area contributed by atoms with Gasteiger partial charge in [-0.3, -0.25) is 14.4 Å². The first-order valence-corrected chi connectivity index (χ1v) is 6.83. The Bertz CT molecular complexity index is 653. The largest absolute Gasteiger partial charge is 0.484 e. The van der Waals surface area contributed by atoms with Crippen molar-refractivity contribution < 1.29 is 19.2 Å². The highest BCUT2D eigenvalue weighted by Gasteiger charge is 2.09. The number of carbonyl (C=O) groups is 2. The minimum absolute atomic E-state index is 0.111. The van der Waals surface area contributed by atoms with Gasteiger partial charge in [0.05, 0.1) is 7.11 Å². The Morgan fingerprint density at radius 1 is 1.00 bits per heavy atom. The van der Waals surface area contributed by atoms with Gasteiger partial charge in [-0.25, -0.2) is 5.48 Å². The van der Waals surface area contributed by atoms with Crippen molar-refractivity contribution >= 4 is 23.3 Å². The van der Waals surface area contributed by atoms with Crippen LogP contribution in [-0.2, 0) is 9.63 Å². The molecule has 5 nitrogen and oxygen atoms in total. The van der Waals surface area contributed by atoms with E-state index in [9.17, 15) is 9.59 Å². The lowest BCUT2D eigenvalue weighted by Gasteiger charge is -2.07. The molecule has 1 N–H and O–H groups in total. The second-order valence-corrected chi connectivity index (χ2v) is 4.81. The van der Waals surface area contributed by atoms with Crippen molar-refractivity contribution in [1.29, 1.82) is 0 Å². The molecule has 0 spiro atoms. The third kappa shape index (κ3) is 4.31. The summed E-state index contributed by atoms with van der Waals surface area (Å²) in [6.45, 7) is -0.168. The molecule has 6 heteroatoms. The molecular weight excluding hydrogens is 306 g/mol. The molecular formula is C16H14ClNO4. The number of halogens is 1. The molecule has 0 radical (unpaired) electrons. The molecule has 2 aromatic carbocycles.